The zero-order chi connectivity index (χ0) is 8.81. The fourth-order valence-corrected chi connectivity index (χ4v) is 1.78. The van der Waals surface area contributed by atoms with Crippen molar-refractivity contribution in [2.45, 2.75) is 31.7 Å². The Morgan fingerprint density at radius 3 is 2.83 bits per heavy atom. The van der Waals surface area contributed by atoms with Crippen LogP contribution in [0.3, 0.4) is 0 Å². The molecule has 68 valence electrons. The lowest BCUT2D eigenvalue weighted by Crippen LogP contribution is -2.39. The number of nitriles is 1. The third kappa shape index (κ3) is 2.47. The van der Waals surface area contributed by atoms with Crippen molar-refractivity contribution >= 4 is 0 Å². The highest BCUT2D eigenvalue weighted by Crippen LogP contribution is 2.23. The minimum absolute atomic E-state index is 0.158. The third-order valence-electron chi connectivity index (χ3n) is 2.45. The van der Waals surface area contributed by atoms with E-state index in [4.69, 9.17) is 10.4 Å². The summed E-state index contributed by atoms with van der Waals surface area (Å²) in [6.07, 6.45) is 4.48. The van der Waals surface area contributed by atoms with Crippen LogP contribution in [0.25, 0.3) is 0 Å². The maximum Gasteiger partial charge on any atom is 0.0672 e. The summed E-state index contributed by atoms with van der Waals surface area (Å²) in [6, 6.07) is 2.63. The first kappa shape index (κ1) is 9.50. The van der Waals surface area contributed by atoms with E-state index in [2.05, 4.69) is 11.4 Å². The summed E-state index contributed by atoms with van der Waals surface area (Å²) in [4.78, 5) is 0. The van der Waals surface area contributed by atoms with Crippen molar-refractivity contribution in [3.63, 3.8) is 0 Å². The number of rotatable bonds is 3. The Morgan fingerprint density at radius 2 is 2.17 bits per heavy atom. The molecular weight excluding hydrogens is 152 g/mol. The van der Waals surface area contributed by atoms with Gasteiger partial charge in [-0.25, -0.2) is 0 Å². The quantitative estimate of drug-likeness (QED) is 0.650. The van der Waals surface area contributed by atoms with Crippen LogP contribution in [0.4, 0.5) is 0 Å². The molecular formula is C9H16N2O. The Bertz CT molecular complexity index is 164. The molecule has 0 aromatic carbocycles. The van der Waals surface area contributed by atoms with Gasteiger partial charge in [0, 0.05) is 12.6 Å². The summed E-state index contributed by atoms with van der Waals surface area (Å²) in [5.74, 6) is 0.158. The number of aliphatic hydroxyl groups excluding tert-OH is 1. The molecule has 0 heterocycles. The minimum atomic E-state index is 0.158. The van der Waals surface area contributed by atoms with Gasteiger partial charge in [0.2, 0.25) is 0 Å². The van der Waals surface area contributed by atoms with E-state index in [0.29, 0.717) is 12.6 Å². The molecule has 0 amide bonds. The topological polar surface area (TPSA) is 56.0 Å². The van der Waals surface area contributed by atoms with Crippen LogP contribution >= 0.6 is 0 Å². The molecule has 0 saturated heterocycles. The molecule has 1 rings (SSSR count). The fraction of sp³-hybridized carbons (Fsp3) is 0.889. The van der Waals surface area contributed by atoms with Crippen LogP contribution < -0.4 is 5.32 Å². The summed E-state index contributed by atoms with van der Waals surface area (Å²) >= 11 is 0. The first-order chi connectivity index (χ1) is 5.88. The molecule has 2 unspecified atom stereocenters. The summed E-state index contributed by atoms with van der Waals surface area (Å²) in [7, 11) is 0. The van der Waals surface area contributed by atoms with E-state index < -0.39 is 0 Å². The van der Waals surface area contributed by atoms with Crippen molar-refractivity contribution in [3.8, 4) is 6.07 Å². The first-order valence-electron chi connectivity index (χ1n) is 4.62. The zero-order valence-corrected chi connectivity index (χ0v) is 7.29. The number of nitrogens with zero attached hydrogens (tertiary/aromatic N) is 1. The largest absolute Gasteiger partial charge is 0.395 e. The highest BCUT2D eigenvalue weighted by Gasteiger charge is 2.23. The SMILES string of the molecule is N#CC1CCCCC1NCCO. The van der Waals surface area contributed by atoms with Crippen LogP contribution in [0.1, 0.15) is 25.7 Å². The standard InChI is InChI=1S/C9H16N2O/c10-7-8-3-1-2-4-9(8)11-5-6-12/h8-9,11-12H,1-6H2. The van der Waals surface area contributed by atoms with E-state index in [0.717, 1.165) is 12.8 Å². The van der Waals surface area contributed by atoms with Crippen molar-refractivity contribution < 1.29 is 5.11 Å². The Balaban J connectivity index is 2.32. The molecule has 2 atom stereocenters. The van der Waals surface area contributed by atoms with Gasteiger partial charge in [-0.3, -0.25) is 0 Å². The van der Waals surface area contributed by atoms with Crippen LogP contribution in [0.15, 0.2) is 0 Å². The minimum Gasteiger partial charge on any atom is -0.395 e. The number of hydrogen-bond donors (Lipinski definition) is 2. The Kier molecular flexibility index (Phi) is 4.06. The molecule has 2 N–H and O–H groups in total. The Morgan fingerprint density at radius 1 is 1.42 bits per heavy atom. The van der Waals surface area contributed by atoms with Crippen LogP contribution in [-0.4, -0.2) is 24.3 Å². The third-order valence-corrected chi connectivity index (χ3v) is 2.45. The maximum absolute atomic E-state index is 8.81. The molecule has 1 aliphatic rings. The highest BCUT2D eigenvalue weighted by molar-refractivity contribution is 4.94. The fourth-order valence-electron chi connectivity index (χ4n) is 1.78. The second-order valence-electron chi connectivity index (χ2n) is 3.30. The molecule has 12 heavy (non-hydrogen) atoms. The predicted octanol–water partition coefficient (Wildman–Crippen LogP) is 0.651. The zero-order valence-electron chi connectivity index (χ0n) is 7.29. The van der Waals surface area contributed by atoms with Crippen molar-refractivity contribution in [2.75, 3.05) is 13.2 Å². The van der Waals surface area contributed by atoms with E-state index in [1.54, 1.807) is 0 Å². The maximum atomic E-state index is 8.81. The number of hydrogen-bond acceptors (Lipinski definition) is 3. The lowest BCUT2D eigenvalue weighted by atomic mass is 9.85. The summed E-state index contributed by atoms with van der Waals surface area (Å²) in [5.41, 5.74) is 0. The van der Waals surface area contributed by atoms with Gasteiger partial charge in [-0.05, 0) is 12.8 Å². The Labute approximate surface area is 73.4 Å². The predicted molar refractivity (Wildman–Crippen MR) is 46.4 cm³/mol. The smallest absolute Gasteiger partial charge is 0.0672 e. The van der Waals surface area contributed by atoms with Crippen LogP contribution in [0.2, 0.25) is 0 Å². The van der Waals surface area contributed by atoms with Crippen LogP contribution in [-0.2, 0) is 0 Å². The normalized spacial score (nSPS) is 29.7. The van der Waals surface area contributed by atoms with Crippen LogP contribution in [0.5, 0.6) is 0 Å². The highest BCUT2D eigenvalue weighted by atomic mass is 16.3. The van der Waals surface area contributed by atoms with Gasteiger partial charge >= 0.3 is 0 Å². The van der Waals surface area contributed by atoms with Gasteiger partial charge in [0.05, 0.1) is 18.6 Å². The van der Waals surface area contributed by atoms with Gasteiger partial charge in [0.25, 0.3) is 0 Å². The van der Waals surface area contributed by atoms with Gasteiger partial charge < -0.3 is 10.4 Å². The van der Waals surface area contributed by atoms with Crippen molar-refractivity contribution in [1.29, 1.82) is 5.26 Å². The molecule has 3 heteroatoms. The second kappa shape index (κ2) is 5.13. The van der Waals surface area contributed by atoms with Crippen LogP contribution in [0, 0.1) is 17.2 Å². The van der Waals surface area contributed by atoms with Crippen molar-refractivity contribution in [2.24, 2.45) is 5.92 Å². The van der Waals surface area contributed by atoms with Gasteiger partial charge in [0.15, 0.2) is 0 Å². The average molecular weight is 168 g/mol. The molecule has 0 aromatic heterocycles. The number of nitrogens with one attached hydrogen (secondary N) is 1. The summed E-state index contributed by atoms with van der Waals surface area (Å²) < 4.78 is 0. The van der Waals surface area contributed by atoms with Crippen molar-refractivity contribution in [1.82, 2.24) is 5.32 Å². The monoisotopic (exact) mass is 168 g/mol. The van der Waals surface area contributed by atoms with E-state index in [1.807, 2.05) is 0 Å². The lowest BCUT2D eigenvalue weighted by molar-refractivity contribution is 0.255. The molecule has 1 saturated carbocycles. The van der Waals surface area contributed by atoms with Gasteiger partial charge in [-0.2, -0.15) is 5.26 Å². The summed E-state index contributed by atoms with van der Waals surface area (Å²) in [5, 5.41) is 20.6. The Hall–Kier alpha value is -0.590. The first-order valence-corrected chi connectivity index (χ1v) is 4.62. The second-order valence-corrected chi connectivity index (χ2v) is 3.30. The van der Waals surface area contributed by atoms with E-state index in [9.17, 15) is 0 Å². The average Bonchev–Trinajstić information content (AvgIpc) is 2.15. The van der Waals surface area contributed by atoms with Crippen molar-refractivity contribution in [3.05, 3.63) is 0 Å². The molecule has 0 radical (unpaired) electrons. The van der Waals surface area contributed by atoms with Gasteiger partial charge in [0.1, 0.15) is 0 Å². The van der Waals surface area contributed by atoms with E-state index >= 15 is 0 Å². The molecule has 0 bridgehead atoms. The number of aliphatic hydroxyl groups is 1. The molecule has 1 aliphatic carbocycles. The molecule has 0 aliphatic heterocycles. The van der Waals surface area contributed by atoms with Gasteiger partial charge in [-0.1, -0.05) is 12.8 Å². The molecule has 3 nitrogen and oxygen atoms in total. The molecule has 1 fully saturated rings. The lowest BCUT2D eigenvalue weighted by Gasteiger charge is -2.27. The van der Waals surface area contributed by atoms with Gasteiger partial charge in [-0.15, -0.1) is 0 Å². The summed E-state index contributed by atoms with van der Waals surface area (Å²) in [6.45, 7) is 0.775. The van der Waals surface area contributed by atoms with E-state index in [1.165, 1.54) is 12.8 Å². The molecule has 0 spiro atoms. The van der Waals surface area contributed by atoms with E-state index in [-0.39, 0.29) is 12.5 Å². The molecule has 0 aromatic rings.